The first-order chi connectivity index (χ1) is 5.27. The van der Waals surface area contributed by atoms with E-state index < -0.39 is 0 Å². The Hall–Kier alpha value is -1.52. The number of rotatable bonds is 0. The van der Waals surface area contributed by atoms with Crippen molar-refractivity contribution in [2.45, 2.75) is 6.92 Å². The number of fused-ring (bicyclic) bond motifs is 1. The van der Waals surface area contributed by atoms with Crippen molar-refractivity contribution in [3.8, 4) is 11.6 Å². The van der Waals surface area contributed by atoms with Crippen LogP contribution in [0.3, 0.4) is 0 Å². The number of ether oxygens (including phenoxy) is 2. The second-order valence-electron chi connectivity index (χ2n) is 2.20. The molecule has 5 heteroatoms. The van der Waals surface area contributed by atoms with Crippen molar-refractivity contribution in [3.63, 3.8) is 0 Å². The fourth-order valence-corrected chi connectivity index (χ4v) is 0.935. The lowest BCUT2D eigenvalue weighted by Crippen LogP contribution is -1.96. The molecule has 0 amide bonds. The van der Waals surface area contributed by atoms with Gasteiger partial charge < -0.3 is 15.2 Å². The van der Waals surface area contributed by atoms with Crippen molar-refractivity contribution in [1.82, 2.24) is 9.97 Å². The molecule has 1 aliphatic heterocycles. The van der Waals surface area contributed by atoms with Crippen molar-refractivity contribution in [3.05, 3.63) is 5.82 Å². The van der Waals surface area contributed by atoms with Crippen LogP contribution in [0.4, 0.5) is 5.82 Å². The quantitative estimate of drug-likeness (QED) is 0.572. The molecule has 0 aromatic carbocycles. The lowest BCUT2D eigenvalue weighted by molar-refractivity contribution is 0.171. The van der Waals surface area contributed by atoms with Crippen molar-refractivity contribution in [1.29, 1.82) is 0 Å². The molecule has 2 rings (SSSR count). The molecule has 1 aromatic rings. The molecule has 0 unspecified atom stereocenters. The van der Waals surface area contributed by atoms with E-state index in [0.29, 0.717) is 23.3 Å². The summed E-state index contributed by atoms with van der Waals surface area (Å²) >= 11 is 0. The second-order valence-corrected chi connectivity index (χ2v) is 2.20. The Morgan fingerprint density at radius 1 is 1.36 bits per heavy atom. The summed E-state index contributed by atoms with van der Waals surface area (Å²) in [7, 11) is 0. The summed E-state index contributed by atoms with van der Waals surface area (Å²) in [6.45, 7) is 1.93. The minimum Gasteiger partial charge on any atom is -0.448 e. The van der Waals surface area contributed by atoms with Crippen molar-refractivity contribution >= 4 is 5.82 Å². The number of aromatic nitrogens is 2. The molecule has 0 aliphatic carbocycles. The molecule has 0 saturated carbocycles. The van der Waals surface area contributed by atoms with Gasteiger partial charge in [-0.05, 0) is 6.92 Å². The molecule has 0 saturated heterocycles. The highest BCUT2D eigenvalue weighted by Gasteiger charge is 2.19. The van der Waals surface area contributed by atoms with Gasteiger partial charge in [-0.3, -0.25) is 0 Å². The fraction of sp³-hybridized carbons (Fsp3) is 0.333. The lowest BCUT2D eigenvalue weighted by atomic mass is 10.5. The Morgan fingerprint density at radius 3 is 3.00 bits per heavy atom. The summed E-state index contributed by atoms with van der Waals surface area (Å²) in [5, 5.41) is 0. The van der Waals surface area contributed by atoms with Crippen LogP contribution in [0.5, 0.6) is 11.6 Å². The Balaban J connectivity index is 2.60. The first kappa shape index (κ1) is 6.21. The molecule has 0 spiro atoms. The molecule has 0 atom stereocenters. The van der Waals surface area contributed by atoms with Crippen LogP contribution in [-0.2, 0) is 0 Å². The Morgan fingerprint density at radius 2 is 2.18 bits per heavy atom. The monoisotopic (exact) mass is 153 g/mol. The van der Waals surface area contributed by atoms with Gasteiger partial charge in [0.25, 0.3) is 5.88 Å². The van der Waals surface area contributed by atoms with Gasteiger partial charge in [-0.1, -0.05) is 0 Å². The van der Waals surface area contributed by atoms with Gasteiger partial charge in [0, 0.05) is 0 Å². The number of nitrogens with two attached hydrogens (primary N) is 1. The molecule has 0 radical (unpaired) electrons. The second kappa shape index (κ2) is 1.98. The molecule has 1 aromatic heterocycles. The maximum absolute atomic E-state index is 5.52. The predicted octanol–water partition coefficient (Wildman–Crippen LogP) is 0.0959. The maximum atomic E-state index is 5.52. The van der Waals surface area contributed by atoms with Gasteiger partial charge in [0.15, 0.2) is 5.82 Å². The topological polar surface area (TPSA) is 70.3 Å². The highest BCUT2D eigenvalue weighted by molar-refractivity contribution is 5.53. The fourth-order valence-electron chi connectivity index (χ4n) is 0.935. The smallest absolute Gasteiger partial charge is 0.265 e. The van der Waals surface area contributed by atoms with Crippen molar-refractivity contribution in [2.24, 2.45) is 0 Å². The Bertz CT molecular complexity index is 300. The highest BCUT2D eigenvalue weighted by atomic mass is 16.7. The van der Waals surface area contributed by atoms with E-state index in [1.54, 1.807) is 6.92 Å². The number of hydrogen-bond donors (Lipinski definition) is 1. The van der Waals surface area contributed by atoms with Crippen LogP contribution in [0.25, 0.3) is 0 Å². The molecule has 5 nitrogen and oxygen atoms in total. The largest absolute Gasteiger partial charge is 0.448 e. The highest BCUT2D eigenvalue weighted by Crippen LogP contribution is 2.33. The van der Waals surface area contributed by atoms with Gasteiger partial charge in [0.05, 0.1) is 0 Å². The summed E-state index contributed by atoms with van der Waals surface area (Å²) in [5.41, 5.74) is 5.52. The van der Waals surface area contributed by atoms with Gasteiger partial charge in [0.2, 0.25) is 12.5 Å². The van der Waals surface area contributed by atoms with E-state index in [0.717, 1.165) is 0 Å². The molecule has 0 bridgehead atoms. The van der Waals surface area contributed by atoms with E-state index in [-0.39, 0.29) is 6.79 Å². The van der Waals surface area contributed by atoms with Gasteiger partial charge in [-0.2, -0.15) is 4.98 Å². The normalized spacial score (nSPS) is 13.5. The summed E-state index contributed by atoms with van der Waals surface area (Å²) in [4.78, 5) is 7.88. The molecule has 2 N–H and O–H groups in total. The van der Waals surface area contributed by atoms with Crippen LogP contribution < -0.4 is 15.2 Å². The third-order valence-electron chi connectivity index (χ3n) is 1.37. The minimum atomic E-state index is 0.178. The number of aryl methyl sites for hydroxylation is 1. The van der Waals surface area contributed by atoms with Crippen LogP contribution in [0.1, 0.15) is 5.82 Å². The number of nitrogens with zero attached hydrogens (tertiary/aromatic N) is 2. The van der Waals surface area contributed by atoms with Gasteiger partial charge in [-0.15, -0.1) is 0 Å². The molecule has 1 aliphatic rings. The minimum absolute atomic E-state index is 0.178. The molecule has 2 heterocycles. The Kier molecular flexibility index (Phi) is 1.12. The first-order valence-electron chi connectivity index (χ1n) is 3.17. The van der Waals surface area contributed by atoms with Gasteiger partial charge in [0.1, 0.15) is 5.82 Å². The first-order valence-corrected chi connectivity index (χ1v) is 3.17. The van der Waals surface area contributed by atoms with Crippen LogP contribution >= 0.6 is 0 Å². The summed E-state index contributed by atoms with van der Waals surface area (Å²) < 4.78 is 10.0. The molecule has 11 heavy (non-hydrogen) atoms. The van der Waals surface area contributed by atoms with E-state index in [1.807, 2.05) is 0 Å². The third-order valence-corrected chi connectivity index (χ3v) is 1.37. The summed E-state index contributed by atoms with van der Waals surface area (Å²) in [6.07, 6.45) is 0. The van der Waals surface area contributed by atoms with E-state index >= 15 is 0 Å². The Labute approximate surface area is 63.2 Å². The van der Waals surface area contributed by atoms with Crippen molar-refractivity contribution in [2.75, 3.05) is 12.5 Å². The average molecular weight is 153 g/mol. The third kappa shape index (κ3) is 0.849. The number of anilines is 1. The maximum Gasteiger partial charge on any atom is 0.265 e. The number of nitrogen functional groups attached to an aromatic ring is 1. The zero-order valence-electron chi connectivity index (χ0n) is 6.00. The van der Waals surface area contributed by atoms with Gasteiger partial charge in [-0.25, -0.2) is 4.98 Å². The zero-order chi connectivity index (χ0) is 7.84. The van der Waals surface area contributed by atoms with E-state index in [9.17, 15) is 0 Å². The lowest BCUT2D eigenvalue weighted by Gasteiger charge is -1.98. The summed E-state index contributed by atoms with van der Waals surface area (Å²) in [5.74, 6) is 1.82. The van der Waals surface area contributed by atoms with Gasteiger partial charge >= 0.3 is 0 Å². The van der Waals surface area contributed by atoms with Crippen LogP contribution in [0.15, 0.2) is 0 Å². The van der Waals surface area contributed by atoms with E-state index in [2.05, 4.69) is 9.97 Å². The molecule has 58 valence electrons. The SMILES string of the molecule is Cc1nc(N)c2c(n1)OCO2. The van der Waals surface area contributed by atoms with Crippen LogP contribution in [-0.4, -0.2) is 16.8 Å². The van der Waals surface area contributed by atoms with E-state index in [1.165, 1.54) is 0 Å². The zero-order valence-corrected chi connectivity index (χ0v) is 6.00. The van der Waals surface area contributed by atoms with Crippen LogP contribution in [0, 0.1) is 6.92 Å². The molecule has 0 fully saturated rings. The molecular weight excluding hydrogens is 146 g/mol. The van der Waals surface area contributed by atoms with Crippen molar-refractivity contribution < 1.29 is 9.47 Å². The van der Waals surface area contributed by atoms with E-state index in [4.69, 9.17) is 15.2 Å². The number of hydrogen-bond acceptors (Lipinski definition) is 5. The average Bonchev–Trinajstić information content (AvgIpc) is 2.34. The summed E-state index contributed by atoms with van der Waals surface area (Å²) in [6, 6.07) is 0. The standard InChI is InChI=1S/C6H7N3O2/c1-3-8-5(7)4-6(9-3)11-2-10-4/h2H2,1H3,(H2,7,8,9). The predicted molar refractivity (Wildman–Crippen MR) is 37.3 cm³/mol. The van der Waals surface area contributed by atoms with Crippen LogP contribution in [0.2, 0.25) is 0 Å². The molecular formula is C6H7N3O2.